The van der Waals surface area contributed by atoms with E-state index in [1.165, 1.54) is 10.9 Å². The van der Waals surface area contributed by atoms with Crippen molar-refractivity contribution in [2.24, 2.45) is 0 Å². The molecule has 7 nitrogen and oxygen atoms in total. The molecular formula is C26H28N4O3. The van der Waals surface area contributed by atoms with Gasteiger partial charge in [-0.1, -0.05) is 36.4 Å². The van der Waals surface area contributed by atoms with Gasteiger partial charge in [-0.25, -0.2) is 4.98 Å². The summed E-state index contributed by atoms with van der Waals surface area (Å²) in [4.78, 5) is 30.2. The number of fused-ring (bicyclic) bond motifs is 1. The number of nitrogens with zero attached hydrogens (tertiary/aromatic N) is 3. The van der Waals surface area contributed by atoms with Crippen LogP contribution in [0, 0.1) is 13.8 Å². The molecule has 2 aromatic heterocycles. The molecule has 33 heavy (non-hydrogen) atoms. The van der Waals surface area contributed by atoms with E-state index in [1.807, 2.05) is 79.9 Å². The van der Waals surface area contributed by atoms with Gasteiger partial charge in [0, 0.05) is 36.5 Å². The Kier molecular flexibility index (Phi) is 6.58. The van der Waals surface area contributed by atoms with E-state index in [-0.39, 0.29) is 24.4 Å². The molecule has 4 rings (SSSR count). The molecule has 7 heteroatoms. The van der Waals surface area contributed by atoms with Gasteiger partial charge in [-0.15, -0.1) is 0 Å². The van der Waals surface area contributed by atoms with Gasteiger partial charge >= 0.3 is 0 Å². The average Bonchev–Trinajstić information content (AvgIpc) is 3.09. The zero-order valence-electron chi connectivity index (χ0n) is 19.2. The van der Waals surface area contributed by atoms with Crippen LogP contribution in [0.15, 0.2) is 65.7 Å². The molecule has 2 heterocycles. The maximum absolute atomic E-state index is 13.2. The number of para-hydroxylation sites is 2. The van der Waals surface area contributed by atoms with Gasteiger partial charge in [-0.2, -0.15) is 0 Å². The van der Waals surface area contributed by atoms with Crippen LogP contribution >= 0.6 is 0 Å². The number of aryl methyl sites for hydroxylation is 2. The van der Waals surface area contributed by atoms with Crippen molar-refractivity contribution in [3.05, 3.63) is 88.1 Å². The van der Waals surface area contributed by atoms with E-state index >= 15 is 0 Å². The molecule has 0 spiro atoms. The van der Waals surface area contributed by atoms with Crippen LogP contribution in [0.3, 0.4) is 0 Å². The highest BCUT2D eigenvalue weighted by Crippen LogP contribution is 2.24. The van der Waals surface area contributed by atoms with Gasteiger partial charge < -0.3 is 10.1 Å². The fourth-order valence-corrected chi connectivity index (χ4v) is 3.99. The molecule has 0 atom stereocenters. The minimum atomic E-state index is -0.136. The zero-order valence-corrected chi connectivity index (χ0v) is 19.2. The summed E-state index contributed by atoms with van der Waals surface area (Å²) >= 11 is 0. The molecule has 4 aromatic rings. The summed E-state index contributed by atoms with van der Waals surface area (Å²) in [5.41, 5.74) is 4.26. The number of nitrogens with one attached hydrogen (secondary N) is 1. The van der Waals surface area contributed by atoms with Crippen LogP contribution in [0.1, 0.15) is 30.2 Å². The smallest absolute Gasteiger partial charge is 0.263 e. The minimum Gasteiger partial charge on any atom is -0.494 e. The van der Waals surface area contributed by atoms with E-state index < -0.39 is 0 Å². The first kappa shape index (κ1) is 22.3. The number of aromatic nitrogens is 3. The Balaban J connectivity index is 1.50. The highest BCUT2D eigenvalue weighted by Gasteiger charge is 2.18. The van der Waals surface area contributed by atoms with E-state index in [9.17, 15) is 9.59 Å². The van der Waals surface area contributed by atoms with E-state index in [0.29, 0.717) is 24.2 Å². The van der Waals surface area contributed by atoms with E-state index in [0.717, 1.165) is 28.3 Å². The summed E-state index contributed by atoms with van der Waals surface area (Å²) in [6, 6.07) is 17.5. The van der Waals surface area contributed by atoms with E-state index in [1.54, 1.807) is 0 Å². The highest BCUT2D eigenvalue weighted by atomic mass is 16.5. The topological polar surface area (TPSA) is 78.2 Å². The lowest BCUT2D eigenvalue weighted by atomic mass is 10.2. The molecule has 0 aliphatic carbocycles. The molecule has 170 valence electrons. The van der Waals surface area contributed by atoms with Crippen molar-refractivity contribution in [2.75, 3.05) is 6.61 Å². The molecular weight excluding hydrogens is 416 g/mol. The first-order chi connectivity index (χ1) is 16.0. The van der Waals surface area contributed by atoms with Crippen molar-refractivity contribution in [3.63, 3.8) is 0 Å². The van der Waals surface area contributed by atoms with Gasteiger partial charge in [0.15, 0.2) is 5.65 Å². The quantitative estimate of drug-likeness (QED) is 0.447. The largest absolute Gasteiger partial charge is 0.494 e. The van der Waals surface area contributed by atoms with Crippen molar-refractivity contribution >= 4 is 16.9 Å². The SMILES string of the molecule is CCOc1ccccc1CNC(=O)CCn1cnc2c(c(C)c(C)n2-c2ccccc2)c1=O. The number of benzene rings is 2. The molecule has 1 N–H and O–H groups in total. The lowest BCUT2D eigenvalue weighted by molar-refractivity contribution is -0.121. The van der Waals surface area contributed by atoms with Gasteiger partial charge in [0.2, 0.25) is 5.91 Å². The Morgan fingerprint density at radius 3 is 2.55 bits per heavy atom. The van der Waals surface area contributed by atoms with Crippen LogP contribution in [-0.2, 0) is 17.9 Å². The van der Waals surface area contributed by atoms with Gasteiger partial charge in [-0.05, 0) is 44.5 Å². The molecule has 0 saturated heterocycles. The van der Waals surface area contributed by atoms with Crippen LogP contribution in [0.4, 0.5) is 0 Å². The van der Waals surface area contributed by atoms with Gasteiger partial charge in [0.1, 0.15) is 5.75 Å². The number of rotatable bonds is 8. The highest BCUT2D eigenvalue weighted by molar-refractivity contribution is 5.83. The number of hydrogen-bond donors (Lipinski definition) is 1. The minimum absolute atomic E-state index is 0.134. The Morgan fingerprint density at radius 1 is 1.06 bits per heavy atom. The van der Waals surface area contributed by atoms with Crippen molar-refractivity contribution in [2.45, 2.75) is 40.3 Å². The zero-order chi connectivity index (χ0) is 23.4. The van der Waals surface area contributed by atoms with E-state index in [4.69, 9.17) is 4.74 Å². The first-order valence-electron chi connectivity index (χ1n) is 11.1. The summed E-state index contributed by atoms with van der Waals surface area (Å²) in [5, 5.41) is 3.50. The number of carbonyl (C=O) groups is 1. The van der Waals surface area contributed by atoms with Crippen molar-refractivity contribution < 1.29 is 9.53 Å². The standard InChI is InChI=1S/C26H28N4O3/c1-4-33-22-13-9-8-10-20(22)16-27-23(31)14-15-29-17-28-25-24(26(29)32)18(2)19(3)30(25)21-11-6-5-7-12-21/h5-13,17H,4,14-16H2,1-3H3,(H,27,31). The second-order valence-corrected chi connectivity index (χ2v) is 7.89. The molecule has 0 saturated carbocycles. The second kappa shape index (κ2) is 9.73. The third-order valence-corrected chi connectivity index (χ3v) is 5.83. The second-order valence-electron chi connectivity index (χ2n) is 7.89. The third-order valence-electron chi connectivity index (χ3n) is 5.83. The number of hydrogen-bond acceptors (Lipinski definition) is 4. The molecule has 0 aliphatic rings. The molecule has 0 aliphatic heterocycles. The Hall–Kier alpha value is -3.87. The summed E-state index contributed by atoms with van der Waals surface area (Å²) in [7, 11) is 0. The van der Waals surface area contributed by atoms with Crippen molar-refractivity contribution in [1.82, 2.24) is 19.4 Å². The maximum Gasteiger partial charge on any atom is 0.263 e. The number of ether oxygens (including phenoxy) is 1. The van der Waals surface area contributed by atoms with Crippen molar-refractivity contribution in [1.29, 1.82) is 0 Å². The summed E-state index contributed by atoms with van der Waals surface area (Å²) in [5.74, 6) is 0.628. The normalized spacial score (nSPS) is 11.0. The van der Waals surface area contributed by atoms with Gasteiger partial charge in [0.05, 0.1) is 18.3 Å². The molecule has 0 bridgehead atoms. The van der Waals surface area contributed by atoms with Crippen LogP contribution in [0.5, 0.6) is 5.75 Å². The molecule has 0 radical (unpaired) electrons. The lowest BCUT2D eigenvalue weighted by Gasteiger charge is -2.11. The number of amides is 1. The Bertz CT molecular complexity index is 1340. The summed E-state index contributed by atoms with van der Waals surface area (Å²) < 4.78 is 9.11. The molecule has 1 amide bonds. The average molecular weight is 445 g/mol. The van der Waals surface area contributed by atoms with Crippen LogP contribution < -0.4 is 15.6 Å². The Labute approximate surface area is 192 Å². The number of carbonyl (C=O) groups excluding carboxylic acids is 1. The molecule has 0 unspecified atom stereocenters. The predicted molar refractivity (Wildman–Crippen MR) is 129 cm³/mol. The van der Waals surface area contributed by atoms with Crippen LogP contribution in [0.2, 0.25) is 0 Å². The van der Waals surface area contributed by atoms with Crippen molar-refractivity contribution in [3.8, 4) is 11.4 Å². The van der Waals surface area contributed by atoms with Crippen LogP contribution in [0.25, 0.3) is 16.7 Å². The first-order valence-corrected chi connectivity index (χ1v) is 11.1. The van der Waals surface area contributed by atoms with Crippen LogP contribution in [-0.4, -0.2) is 26.6 Å². The van der Waals surface area contributed by atoms with Gasteiger partial charge in [0.25, 0.3) is 5.56 Å². The monoisotopic (exact) mass is 444 g/mol. The molecule has 2 aromatic carbocycles. The maximum atomic E-state index is 13.2. The lowest BCUT2D eigenvalue weighted by Crippen LogP contribution is -2.27. The Morgan fingerprint density at radius 2 is 1.79 bits per heavy atom. The molecule has 0 fully saturated rings. The fraction of sp³-hybridized carbons (Fsp3) is 0.269. The summed E-state index contributed by atoms with van der Waals surface area (Å²) in [6.07, 6.45) is 1.71. The predicted octanol–water partition coefficient (Wildman–Crippen LogP) is 3.91. The summed E-state index contributed by atoms with van der Waals surface area (Å²) in [6.45, 7) is 7.05. The fourth-order valence-electron chi connectivity index (χ4n) is 3.99. The van der Waals surface area contributed by atoms with Gasteiger partial charge in [-0.3, -0.25) is 18.7 Å². The third kappa shape index (κ3) is 4.53. The van der Waals surface area contributed by atoms with E-state index in [2.05, 4.69) is 10.3 Å².